The first-order valence-corrected chi connectivity index (χ1v) is 6.92. The quantitative estimate of drug-likeness (QED) is 0.892. The van der Waals surface area contributed by atoms with Crippen molar-refractivity contribution in [1.29, 1.82) is 0 Å². The molecule has 106 valence electrons. The van der Waals surface area contributed by atoms with Gasteiger partial charge in [0, 0.05) is 12.6 Å². The van der Waals surface area contributed by atoms with E-state index in [2.05, 4.69) is 48.2 Å². The summed E-state index contributed by atoms with van der Waals surface area (Å²) in [6.07, 6.45) is 2.57. The number of hydrogen-bond acceptors (Lipinski definition) is 4. The van der Waals surface area contributed by atoms with Gasteiger partial charge in [-0.15, -0.1) is 0 Å². The Labute approximate surface area is 120 Å². The van der Waals surface area contributed by atoms with Gasteiger partial charge >= 0.3 is 0 Å². The SMILES string of the molecule is CCCNc1cc(Oc2c(C)ccc(C)c2C)ncn1. The highest BCUT2D eigenvalue weighted by Crippen LogP contribution is 2.30. The first-order chi connectivity index (χ1) is 9.61. The fourth-order valence-corrected chi connectivity index (χ4v) is 1.93. The second-order valence-electron chi connectivity index (χ2n) is 4.92. The van der Waals surface area contributed by atoms with Crippen molar-refractivity contribution < 1.29 is 4.74 Å². The third-order valence-electron chi connectivity index (χ3n) is 3.28. The number of aryl methyl sites for hydroxylation is 2. The number of aromatic nitrogens is 2. The molecular weight excluding hydrogens is 250 g/mol. The van der Waals surface area contributed by atoms with Crippen molar-refractivity contribution in [3.05, 3.63) is 41.2 Å². The Bertz CT molecular complexity index is 596. The molecule has 0 saturated heterocycles. The van der Waals surface area contributed by atoms with Crippen LogP contribution in [0.25, 0.3) is 0 Å². The van der Waals surface area contributed by atoms with Crippen molar-refractivity contribution in [3.8, 4) is 11.6 Å². The normalized spacial score (nSPS) is 10.4. The van der Waals surface area contributed by atoms with E-state index in [4.69, 9.17) is 4.74 Å². The number of benzene rings is 1. The predicted octanol–water partition coefficient (Wildman–Crippen LogP) is 4.02. The maximum absolute atomic E-state index is 5.95. The van der Waals surface area contributed by atoms with Crippen LogP contribution in [-0.4, -0.2) is 16.5 Å². The zero-order chi connectivity index (χ0) is 14.5. The molecule has 0 bridgehead atoms. The van der Waals surface area contributed by atoms with Crippen molar-refractivity contribution in [2.75, 3.05) is 11.9 Å². The summed E-state index contributed by atoms with van der Waals surface area (Å²) in [6, 6.07) is 6.00. The molecule has 0 fully saturated rings. The lowest BCUT2D eigenvalue weighted by Gasteiger charge is -2.13. The zero-order valence-corrected chi connectivity index (χ0v) is 12.5. The summed E-state index contributed by atoms with van der Waals surface area (Å²) in [5.41, 5.74) is 3.46. The highest BCUT2D eigenvalue weighted by Gasteiger charge is 2.09. The summed E-state index contributed by atoms with van der Waals surface area (Å²) in [4.78, 5) is 8.36. The van der Waals surface area contributed by atoms with E-state index < -0.39 is 0 Å². The van der Waals surface area contributed by atoms with Crippen LogP contribution in [0.5, 0.6) is 11.6 Å². The van der Waals surface area contributed by atoms with Crippen molar-refractivity contribution in [1.82, 2.24) is 9.97 Å². The second-order valence-corrected chi connectivity index (χ2v) is 4.92. The lowest BCUT2D eigenvalue weighted by molar-refractivity contribution is 0.454. The molecule has 2 aromatic rings. The van der Waals surface area contributed by atoms with E-state index in [0.717, 1.165) is 35.7 Å². The summed E-state index contributed by atoms with van der Waals surface area (Å²) in [6.45, 7) is 9.19. The average Bonchev–Trinajstić information content (AvgIpc) is 2.46. The number of hydrogen-bond donors (Lipinski definition) is 1. The molecule has 1 N–H and O–H groups in total. The lowest BCUT2D eigenvalue weighted by atomic mass is 10.1. The molecule has 0 radical (unpaired) electrons. The van der Waals surface area contributed by atoms with Crippen molar-refractivity contribution in [2.24, 2.45) is 0 Å². The first-order valence-electron chi connectivity index (χ1n) is 6.92. The standard InChI is InChI=1S/C16H21N3O/c1-5-8-17-14-9-15(19-10-18-14)20-16-12(3)7-6-11(2)13(16)4/h6-7,9-10H,5,8H2,1-4H3,(H,17,18,19). The van der Waals surface area contributed by atoms with Gasteiger partial charge in [0.1, 0.15) is 17.9 Å². The summed E-state index contributed by atoms with van der Waals surface area (Å²) < 4.78 is 5.95. The van der Waals surface area contributed by atoms with Crippen LogP contribution < -0.4 is 10.1 Å². The fourth-order valence-electron chi connectivity index (χ4n) is 1.93. The Morgan fingerprint density at radius 1 is 1.10 bits per heavy atom. The summed E-state index contributed by atoms with van der Waals surface area (Å²) in [7, 11) is 0. The van der Waals surface area contributed by atoms with Gasteiger partial charge in [-0.2, -0.15) is 0 Å². The van der Waals surface area contributed by atoms with Crippen LogP contribution in [0.2, 0.25) is 0 Å². The Kier molecular flexibility index (Phi) is 4.56. The molecule has 0 amide bonds. The molecule has 20 heavy (non-hydrogen) atoms. The molecule has 4 heteroatoms. The van der Waals surface area contributed by atoms with E-state index in [1.165, 1.54) is 11.9 Å². The molecule has 1 aromatic carbocycles. The average molecular weight is 271 g/mol. The minimum Gasteiger partial charge on any atom is -0.438 e. The topological polar surface area (TPSA) is 47.0 Å². The number of anilines is 1. The molecule has 1 heterocycles. The van der Waals surface area contributed by atoms with E-state index in [-0.39, 0.29) is 0 Å². The molecule has 0 aliphatic rings. The molecule has 4 nitrogen and oxygen atoms in total. The van der Waals surface area contributed by atoms with Crippen LogP contribution in [0, 0.1) is 20.8 Å². The highest BCUT2D eigenvalue weighted by atomic mass is 16.5. The van der Waals surface area contributed by atoms with Gasteiger partial charge in [-0.3, -0.25) is 0 Å². The van der Waals surface area contributed by atoms with Gasteiger partial charge in [0.15, 0.2) is 0 Å². The summed E-state index contributed by atoms with van der Waals surface area (Å²) in [5.74, 6) is 2.24. The molecule has 0 unspecified atom stereocenters. The Morgan fingerprint density at radius 2 is 1.85 bits per heavy atom. The van der Waals surface area contributed by atoms with E-state index in [1.54, 1.807) is 0 Å². The second kappa shape index (κ2) is 6.37. The number of nitrogens with zero attached hydrogens (tertiary/aromatic N) is 2. The molecule has 0 aliphatic carbocycles. The zero-order valence-electron chi connectivity index (χ0n) is 12.5. The third-order valence-corrected chi connectivity index (χ3v) is 3.28. The van der Waals surface area contributed by atoms with Crippen LogP contribution in [0.3, 0.4) is 0 Å². The molecule has 0 spiro atoms. The predicted molar refractivity (Wildman–Crippen MR) is 81.5 cm³/mol. The van der Waals surface area contributed by atoms with Crippen LogP contribution in [0.1, 0.15) is 30.0 Å². The van der Waals surface area contributed by atoms with Gasteiger partial charge in [0.2, 0.25) is 5.88 Å². The monoisotopic (exact) mass is 271 g/mol. The minimum absolute atomic E-state index is 0.565. The Balaban J connectivity index is 2.24. The number of rotatable bonds is 5. The molecule has 0 saturated carbocycles. The van der Waals surface area contributed by atoms with Gasteiger partial charge < -0.3 is 10.1 Å². The van der Waals surface area contributed by atoms with E-state index >= 15 is 0 Å². The molecular formula is C16H21N3O. The smallest absolute Gasteiger partial charge is 0.224 e. The Morgan fingerprint density at radius 3 is 2.60 bits per heavy atom. The van der Waals surface area contributed by atoms with Gasteiger partial charge in [-0.05, 0) is 43.9 Å². The summed E-state index contributed by atoms with van der Waals surface area (Å²) >= 11 is 0. The maximum atomic E-state index is 5.95. The highest BCUT2D eigenvalue weighted by molar-refractivity contribution is 5.47. The van der Waals surface area contributed by atoms with Gasteiger partial charge in [-0.25, -0.2) is 9.97 Å². The van der Waals surface area contributed by atoms with Crippen LogP contribution in [0.4, 0.5) is 5.82 Å². The van der Waals surface area contributed by atoms with E-state index in [0.29, 0.717) is 5.88 Å². The third kappa shape index (κ3) is 3.26. The van der Waals surface area contributed by atoms with E-state index in [9.17, 15) is 0 Å². The first kappa shape index (κ1) is 14.3. The summed E-state index contributed by atoms with van der Waals surface area (Å²) in [5, 5.41) is 3.23. The van der Waals surface area contributed by atoms with Crippen LogP contribution >= 0.6 is 0 Å². The maximum Gasteiger partial charge on any atom is 0.224 e. The van der Waals surface area contributed by atoms with Gasteiger partial charge in [-0.1, -0.05) is 19.1 Å². The molecule has 1 aromatic heterocycles. The van der Waals surface area contributed by atoms with Gasteiger partial charge in [0.05, 0.1) is 0 Å². The van der Waals surface area contributed by atoms with Crippen molar-refractivity contribution in [2.45, 2.75) is 34.1 Å². The Hall–Kier alpha value is -2.10. The number of nitrogens with one attached hydrogen (secondary N) is 1. The fraction of sp³-hybridized carbons (Fsp3) is 0.375. The van der Waals surface area contributed by atoms with Crippen LogP contribution in [0.15, 0.2) is 24.5 Å². The van der Waals surface area contributed by atoms with E-state index in [1.807, 2.05) is 13.0 Å². The molecule has 0 aliphatic heterocycles. The number of ether oxygens (including phenoxy) is 1. The molecule has 2 rings (SSSR count). The largest absolute Gasteiger partial charge is 0.438 e. The van der Waals surface area contributed by atoms with Crippen molar-refractivity contribution in [3.63, 3.8) is 0 Å². The lowest BCUT2D eigenvalue weighted by Crippen LogP contribution is -2.03. The van der Waals surface area contributed by atoms with Crippen LogP contribution in [-0.2, 0) is 0 Å². The van der Waals surface area contributed by atoms with Gasteiger partial charge in [0.25, 0.3) is 0 Å². The molecule has 0 atom stereocenters. The minimum atomic E-state index is 0.565. The van der Waals surface area contributed by atoms with Crippen molar-refractivity contribution >= 4 is 5.82 Å².